The van der Waals surface area contributed by atoms with Gasteiger partial charge in [0, 0.05) is 6.54 Å². The molecule has 0 saturated heterocycles. The van der Waals surface area contributed by atoms with Crippen molar-refractivity contribution in [1.29, 1.82) is 0 Å². The highest BCUT2D eigenvalue weighted by molar-refractivity contribution is 5.34. The smallest absolute Gasteiger partial charge is 0.224 e. The Labute approximate surface area is 123 Å². The van der Waals surface area contributed by atoms with Gasteiger partial charge >= 0.3 is 0 Å². The normalized spacial score (nSPS) is 10.4. The summed E-state index contributed by atoms with van der Waals surface area (Å²) in [5.74, 6) is 1.31. The van der Waals surface area contributed by atoms with Crippen LogP contribution in [0.4, 0.5) is 0 Å². The van der Waals surface area contributed by atoms with E-state index in [1.165, 1.54) is 6.33 Å². The molecule has 6 nitrogen and oxygen atoms in total. The average Bonchev–Trinajstić information content (AvgIpc) is 2.53. The van der Waals surface area contributed by atoms with Crippen LogP contribution in [-0.2, 0) is 13.0 Å². The average molecular weight is 289 g/mol. The molecule has 2 aromatic rings. The summed E-state index contributed by atoms with van der Waals surface area (Å²) in [6.07, 6.45) is 2.27. The van der Waals surface area contributed by atoms with Crippen LogP contribution in [0.5, 0.6) is 17.5 Å². The first kappa shape index (κ1) is 15.1. The lowest BCUT2D eigenvalue weighted by Gasteiger charge is -2.11. The molecule has 0 spiro atoms. The Morgan fingerprint density at radius 1 is 1.05 bits per heavy atom. The Hall–Kier alpha value is -2.34. The monoisotopic (exact) mass is 289 g/mol. The van der Waals surface area contributed by atoms with Gasteiger partial charge in [0.15, 0.2) is 0 Å². The van der Waals surface area contributed by atoms with Gasteiger partial charge in [0.2, 0.25) is 11.8 Å². The maximum Gasteiger partial charge on any atom is 0.224 e. The Balaban J connectivity index is 1.90. The van der Waals surface area contributed by atoms with Crippen LogP contribution in [0.3, 0.4) is 0 Å². The number of benzene rings is 1. The molecule has 0 aliphatic heterocycles. The fourth-order valence-electron chi connectivity index (χ4n) is 1.99. The lowest BCUT2D eigenvalue weighted by Crippen LogP contribution is -2.18. The maximum atomic E-state index is 9.23. The van der Waals surface area contributed by atoms with Gasteiger partial charge in [-0.3, -0.25) is 0 Å². The van der Waals surface area contributed by atoms with E-state index in [9.17, 15) is 5.11 Å². The molecule has 2 rings (SSSR count). The topological polar surface area (TPSA) is 76.5 Å². The largest absolute Gasteiger partial charge is 0.508 e. The number of nitrogens with one attached hydrogen (secondary N) is 1. The van der Waals surface area contributed by atoms with Crippen LogP contribution in [0.15, 0.2) is 30.6 Å². The number of aromatic nitrogens is 2. The van der Waals surface area contributed by atoms with E-state index in [-0.39, 0.29) is 5.75 Å². The number of hydrogen-bond donors (Lipinski definition) is 2. The Morgan fingerprint density at radius 3 is 2.24 bits per heavy atom. The van der Waals surface area contributed by atoms with E-state index < -0.39 is 0 Å². The number of aromatic hydroxyl groups is 1. The van der Waals surface area contributed by atoms with Crippen LogP contribution in [0.25, 0.3) is 0 Å². The third-order valence-corrected chi connectivity index (χ3v) is 3.08. The standard InChI is InChI=1S/C15H19N3O3/c1-20-14-13(15(21-2)18-10-17-14)9-16-8-7-11-3-5-12(19)6-4-11/h3-6,10,16,19H,7-9H2,1-2H3. The van der Waals surface area contributed by atoms with Crippen LogP contribution >= 0.6 is 0 Å². The summed E-state index contributed by atoms with van der Waals surface area (Å²) in [4.78, 5) is 8.14. The zero-order valence-electron chi connectivity index (χ0n) is 12.2. The molecular formula is C15H19N3O3. The van der Waals surface area contributed by atoms with Crippen molar-refractivity contribution in [2.45, 2.75) is 13.0 Å². The van der Waals surface area contributed by atoms with Crippen molar-refractivity contribution in [1.82, 2.24) is 15.3 Å². The first-order valence-corrected chi connectivity index (χ1v) is 6.65. The van der Waals surface area contributed by atoms with Gasteiger partial charge in [-0.1, -0.05) is 12.1 Å². The van der Waals surface area contributed by atoms with Gasteiger partial charge in [0.25, 0.3) is 0 Å². The van der Waals surface area contributed by atoms with Crippen LogP contribution in [0.2, 0.25) is 0 Å². The van der Waals surface area contributed by atoms with Crippen molar-refractivity contribution in [2.24, 2.45) is 0 Å². The van der Waals surface area contributed by atoms with Gasteiger partial charge in [-0.05, 0) is 30.7 Å². The second-order valence-corrected chi connectivity index (χ2v) is 4.46. The Kier molecular flexibility index (Phi) is 5.34. The molecule has 0 fully saturated rings. The van der Waals surface area contributed by atoms with Gasteiger partial charge in [-0.2, -0.15) is 0 Å². The van der Waals surface area contributed by atoms with E-state index in [0.29, 0.717) is 18.3 Å². The van der Waals surface area contributed by atoms with Crippen LogP contribution in [-0.4, -0.2) is 35.8 Å². The maximum absolute atomic E-state index is 9.23. The number of phenolic OH excluding ortho intramolecular Hbond substituents is 1. The minimum atomic E-state index is 0.280. The summed E-state index contributed by atoms with van der Waals surface area (Å²) in [6.45, 7) is 1.34. The lowest BCUT2D eigenvalue weighted by molar-refractivity contribution is 0.359. The molecule has 6 heteroatoms. The van der Waals surface area contributed by atoms with Crippen LogP contribution < -0.4 is 14.8 Å². The van der Waals surface area contributed by atoms with Gasteiger partial charge in [-0.15, -0.1) is 0 Å². The Morgan fingerprint density at radius 2 is 1.67 bits per heavy atom. The molecule has 0 unspecified atom stereocenters. The molecule has 0 radical (unpaired) electrons. The summed E-state index contributed by atoms with van der Waals surface area (Å²) >= 11 is 0. The zero-order chi connectivity index (χ0) is 15.1. The predicted octanol–water partition coefficient (Wildman–Crippen LogP) is 1.53. The van der Waals surface area contributed by atoms with Crippen molar-refractivity contribution >= 4 is 0 Å². The number of rotatable bonds is 7. The third-order valence-electron chi connectivity index (χ3n) is 3.08. The molecular weight excluding hydrogens is 270 g/mol. The molecule has 0 saturated carbocycles. The molecule has 0 bridgehead atoms. The van der Waals surface area contributed by atoms with E-state index in [1.807, 2.05) is 12.1 Å². The molecule has 1 aromatic heterocycles. The van der Waals surface area contributed by atoms with E-state index in [0.717, 1.165) is 24.1 Å². The van der Waals surface area contributed by atoms with Crippen molar-refractivity contribution in [3.05, 3.63) is 41.7 Å². The number of nitrogens with zero attached hydrogens (tertiary/aromatic N) is 2. The summed E-state index contributed by atoms with van der Waals surface area (Å²) in [6, 6.07) is 7.19. The number of methoxy groups -OCH3 is 2. The molecule has 21 heavy (non-hydrogen) atoms. The summed E-state index contributed by atoms with van der Waals surface area (Å²) in [5, 5.41) is 12.5. The third kappa shape index (κ3) is 4.06. The first-order chi connectivity index (χ1) is 10.2. The molecule has 0 amide bonds. The predicted molar refractivity (Wildman–Crippen MR) is 78.7 cm³/mol. The van der Waals surface area contributed by atoms with Gasteiger partial charge in [0.05, 0.1) is 19.8 Å². The summed E-state index contributed by atoms with van der Waals surface area (Å²) < 4.78 is 10.4. The fraction of sp³-hybridized carbons (Fsp3) is 0.333. The number of hydrogen-bond acceptors (Lipinski definition) is 6. The minimum absolute atomic E-state index is 0.280. The number of phenols is 1. The van der Waals surface area contributed by atoms with Crippen molar-refractivity contribution in [3.8, 4) is 17.5 Å². The molecule has 0 aliphatic rings. The Bertz CT molecular complexity index is 551. The highest BCUT2D eigenvalue weighted by Gasteiger charge is 2.11. The SMILES string of the molecule is COc1ncnc(OC)c1CNCCc1ccc(O)cc1. The van der Waals surface area contributed by atoms with Crippen LogP contribution in [0, 0.1) is 0 Å². The summed E-state index contributed by atoms with van der Waals surface area (Å²) in [7, 11) is 3.14. The van der Waals surface area contributed by atoms with E-state index >= 15 is 0 Å². The van der Waals surface area contributed by atoms with Gasteiger partial charge in [-0.25, -0.2) is 9.97 Å². The van der Waals surface area contributed by atoms with Crippen molar-refractivity contribution in [2.75, 3.05) is 20.8 Å². The van der Waals surface area contributed by atoms with E-state index in [4.69, 9.17) is 9.47 Å². The number of ether oxygens (including phenoxy) is 2. The molecule has 112 valence electrons. The van der Waals surface area contributed by atoms with Crippen molar-refractivity contribution in [3.63, 3.8) is 0 Å². The van der Waals surface area contributed by atoms with E-state index in [1.54, 1.807) is 26.4 Å². The fourth-order valence-corrected chi connectivity index (χ4v) is 1.99. The minimum Gasteiger partial charge on any atom is -0.508 e. The molecule has 1 heterocycles. The summed E-state index contributed by atoms with van der Waals surface area (Å²) in [5.41, 5.74) is 1.96. The first-order valence-electron chi connectivity index (χ1n) is 6.65. The van der Waals surface area contributed by atoms with Crippen LogP contribution in [0.1, 0.15) is 11.1 Å². The lowest BCUT2D eigenvalue weighted by atomic mass is 10.1. The highest BCUT2D eigenvalue weighted by atomic mass is 16.5. The quantitative estimate of drug-likeness (QED) is 0.753. The zero-order valence-corrected chi connectivity index (χ0v) is 12.2. The molecule has 0 aliphatic carbocycles. The van der Waals surface area contributed by atoms with E-state index in [2.05, 4.69) is 15.3 Å². The van der Waals surface area contributed by atoms with Crippen molar-refractivity contribution < 1.29 is 14.6 Å². The molecule has 2 N–H and O–H groups in total. The van der Waals surface area contributed by atoms with Gasteiger partial charge in [0.1, 0.15) is 12.1 Å². The molecule has 0 atom stereocenters. The second-order valence-electron chi connectivity index (χ2n) is 4.46. The highest BCUT2D eigenvalue weighted by Crippen LogP contribution is 2.22. The molecule has 1 aromatic carbocycles. The van der Waals surface area contributed by atoms with Gasteiger partial charge < -0.3 is 19.9 Å². The second kappa shape index (κ2) is 7.44.